The Balaban J connectivity index is 2.02. The number of hydrogen-bond acceptors (Lipinski definition) is 4. The van der Waals surface area contributed by atoms with Gasteiger partial charge in [-0.1, -0.05) is 6.92 Å². The molecule has 0 saturated heterocycles. The van der Waals surface area contributed by atoms with Crippen molar-refractivity contribution in [2.45, 2.75) is 20.4 Å². The molecule has 1 rings (SSSR count). The molecule has 17 heavy (non-hydrogen) atoms. The van der Waals surface area contributed by atoms with Crippen LogP contribution in [0.25, 0.3) is 0 Å². The van der Waals surface area contributed by atoms with Crippen LogP contribution in [0.3, 0.4) is 0 Å². The van der Waals surface area contributed by atoms with E-state index in [0.717, 1.165) is 51.7 Å². The molecule has 0 aliphatic rings. The Kier molecular flexibility index (Phi) is 7.71. The van der Waals surface area contributed by atoms with E-state index in [4.69, 9.17) is 9.15 Å². The largest absolute Gasteiger partial charge is 0.468 e. The van der Waals surface area contributed by atoms with E-state index >= 15 is 0 Å². The summed E-state index contributed by atoms with van der Waals surface area (Å²) < 4.78 is 10.6. The van der Waals surface area contributed by atoms with Gasteiger partial charge in [-0.05, 0) is 25.6 Å². The summed E-state index contributed by atoms with van der Waals surface area (Å²) in [6, 6.07) is 3.90. The maximum atomic E-state index is 5.35. The molecule has 1 aromatic heterocycles. The highest BCUT2D eigenvalue weighted by atomic mass is 16.5. The molecule has 0 radical (unpaired) electrons. The second-order valence-electron chi connectivity index (χ2n) is 3.89. The highest BCUT2D eigenvalue weighted by molar-refractivity contribution is 4.97. The van der Waals surface area contributed by atoms with E-state index < -0.39 is 0 Å². The minimum absolute atomic E-state index is 0.800. The van der Waals surface area contributed by atoms with E-state index in [-0.39, 0.29) is 0 Å². The number of likely N-dealkylation sites (N-methyl/N-ethyl adjacent to an activating group) is 1. The molecular weight excluding hydrogens is 216 g/mol. The summed E-state index contributed by atoms with van der Waals surface area (Å²) in [4.78, 5) is 2.38. The summed E-state index contributed by atoms with van der Waals surface area (Å²) in [5, 5.41) is 3.37. The van der Waals surface area contributed by atoms with Gasteiger partial charge in [0.05, 0.1) is 19.4 Å². The summed E-state index contributed by atoms with van der Waals surface area (Å²) in [6.45, 7) is 10.7. The van der Waals surface area contributed by atoms with E-state index in [1.54, 1.807) is 6.26 Å². The van der Waals surface area contributed by atoms with Crippen molar-refractivity contribution in [2.24, 2.45) is 0 Å². The van der Waals surface area contributed by atoms with Crippen LogP contribution in [0.15, 0.2) is 22.8 Å². The molecule has 0 fully saturated rings. The van der Waals surface area contributed by atoms with E-state index in [1.165, 1.54) is 0 Å². The Hall–Kier alpha value is -0.840. The van der Waals surface area contributed by atoms with Gasteiger partial charge in [0, 0.05) is 26.2 Å². The normalized spacial score (nSPS) is 11.2. The lowest BCUT2D eigenvalue weighted by molar-refractivity contribution is 0.115. The molecule has 0 atom stereocenters. The Morgan fingerprint density at radius 2 is 2.24 bits per heavy atom. The van der Waals surface area contributed by atoms with Crippen LogP contribution in [0.1, 0.15) is 19.6 Å². The first-order valence-electron chi connectivity index (χ1n) is 6.40. The van der Waals surface area contributed by atoms with Crippen molar-refractivity contribution in [2.75, 3.05) is 39.4 Å². The van der Waals surface area contributed by atoms with Crippen molar-refractivity contribution in [1.29, 1.82) is 0 Å². The molecule has 98 valence electrons. The van der Waals surface area contributed by atoms with Crippen LogP contribution in [0.5, 0.6) is 0 Å². The minimum Gasteiger partial charge on any atom is -0.468 e. The van der Waals surface area contributed by atoms with Crippen LogP contribution in [0, 0.1) is 0 Å². The van der Waals surface area contributed by atoms with Gasteiger partial charge in [-0.2, -0.15) is 0 Å². The van der Waals surface area contributed by atoms with Gasteiger partial charge in [-0.15, -0.1) is 0 Å². The van der Waals surface area contributed by atoms with Gasteiger partial charge in [0.25, 0.3) is 0 Å². The van der Waals surface area contributed by atoms with Crippen molar-refractivity contribution in [1.82, 2.24) is 10.2 Å². The molecule has 0 aliphatic carbocycles. The van der Waals surface area contributed by atoms with Gasteiger partial charge in [-0.3, -0.25) is 0 Å². The van der Waals surface area contributed by atoms with E-state index in [0.29, 0.717) is 0 Å². The Bertz CT molecular complexity index is 262. The molecule has 4 heteroatoms. The van der Waals surface area contributed by atoms with Crippen molar-refractivity contribution < 1.29 is 9.15 Å². The predicted molar refractivity (Wildman–Crippen MR) is 69.0 cm³/mol. The Labute approximate surface area is 104 Å². The first kappa shape index (κ1) is 14.2. The van der Waals surface area contributed by atoms with E-state index in [1.807, 2.05) is 19.1 Å². The molecule has 0 aliphatic heterocycles. The number of hydrogen-bond donors (Lipinski definition) is 1. The van der Waals surface area contributed by atoms with Crippen LogP contribution in [0.2, 0.25) is 0 Å². The molecule has 4 nitrogen and oxygen atoms in total. The maximum absolute atomic E-state index is 5.35. The van der Waals surface area contributed by atoms with Gasteiger partial charge in [0.15, 0.2) is 0 Å². The monoisotopic (exact) mass is 240 g/mol. The van der Waals surface area contributed by atoms with Crippen molar-refractivity contribution >= 4 is 0 Å². The van der Waals surface area contributed by atoms with E-state index in [2.05, 4.69) is 17.1 Å². The summed E-state index contributed by atoms with van der Waals surface area (Å²) in [5.74, 6) is 0.988. The number of ether oxygens (including phenoxy) is 1. The molecule has 1 heterocycles. The summed E-state index contributed by atoms with van der Waals surface area (Å²) in [5.41, 5.74) is 0. The fraction of sp³-hybridized carbons (Fsp3) is 0.692. The van der Waals surface area contributed by atoms with E-state index in [9.17, 15) is 0 Å². The van der Waals surface area contributed by atoms with Crippen LogP contribution < -0.4 is 5.32 Å². The number of nitrogens with zero attached hydrogens (tertiary/aromatic N) is 1. The topological polar surface area (TPSA) is 37.6 Å². The number of nitrogens with one attached hydrogen (secondary N) is 1. The quantitative estimate of drug-likeness (QED) is 0.632. The molecule has 0 unspecified atom stereocenters. The summed E-state index contributed by atoms with van der Waals surface area (Å²) in [7, 11) is 0. The third-order valence-electron chi connectivity index (χ3n) is 2.69. The van der Waals surface area contributed by atoms with Crippen molar-refractivity contribution in [3.8, 4) is 0 Å². The zero-order chi connectivity index (χ0) is 12.3. The second kappa shape index (κ2) is 9.22. The fourth-order valence-corrected chi connectivity index (χ4v) is 1.63. The fourth-order valence-electron chi connectivity index (χ4n) is 1.63. The van der Waals surface area contributed by atoms with Gasteiger partial charge in [0.1, 0.15) is 5.76 Å². The van der Waals surface area contributed by atoms with Gasteiger partial charge in [-0.25, -0.2) is 0 Å². The lowest BCUT2D eigenvalue weighted by atomic mass is 10.4. The highest BCUT2D eigenvalue weighted by Crippen LogP contribution is 1.98. The molecule has 0 amide bonds. The molecular formula is C13H24N2O2. The first-order chi connectivity index (χ1) is 8.36. The number of rotatable bonds is 10. The van der Waals surface area contributed by atoms with Crippen LogP contribution in [0.4, 0.5) is 0 Å². The smallest absolute Gasteiger partial charge is 0.117 e. The standard InChI is InChI=1S/C13H24N2O2/c1-3-15(9-11-16-4-2)8-7-14-12-13-6-5-10-17-13/h5-6,10,14H,3-4,7-9,11-12H2,1-2H3. The summed E-state index contributed by atoms with van der Waals surface area (Å²) in [6.07, 6.45) is 1.71. The minimum atomic E-state index is 0.800. The lowest BCUT2D eigenvalue weighted by Gasteiger charge is -2.20. The molecule has 0 spiro atoms. The second-order valence-corrected chi connectivity index (χ2v) is 3.89. The van der Waals surface area contributed by atoms with Crippen LogP contribution >= 0.6 is 0 Å². The zero-order valence-corrected chi connectivity index (χ0v) is 10.9. The summed E-state index contributed by atoms with van der Waals surface area (Å²) >= 11 is 0. The van der Waals surface area contributed by atoms with Gasteiger partial charge >= 0.3 is 0 Å². The Morgan fingerprint density at radius 3 is 2.88 bits per heavy atom. The average molecular weight is 240 g/mol. The molecule has 0 aromatic carbocycles. The average Bonchev–Trinajstić information content (AvgIpc) is 2.85. The van der Waals surface area contributed by atoms with Gasteiger partial charge < -0.3 is 19.4 Å². The predicted octanol–water partition coefficient (Wildman–Crippen LogP) is 1.73. The van der Waals surface area contributed by atoms with Gasteiger partial charge in [0.2, 0.25) is 0 Å². The molecule has 0 saturated carbocycles. The SMILES string of the molecule is CCOCCN(CC)CCNCc1ccco1. The molecule has 0 bridgehead atoms. The third-order valence-corrected chi connectivity index (χ3v) is 2.69. The van der Waals surface area contributed by atoms with Crippen LogP contribution in [-0.2, 0) is 11.3 Å². The number of furan rings is 1. The van der Waals surface area contributed by atoms with Crippen molar-refractivity contribution in [3.05, 3.63) is 24.2 Å². The molecule has 1 N–H and O–H groups in total. The lowest BCUT2D eigenvalue weighted by Crippen LogP contribution is -2.34. The first-order valence-corrected chi connectivity index (χ1v) is 6.40. The maximum Gasteiger partial charge on any atom is 0.117 e. The van der Waals surface area contributed by atoms with Crippen molar-refractivity contribution in [3.63, 3.8) is 0 Å². The van der Waals surface area contributed by atoms with Crippen LogP contribution in [-0.4, -0.2) is 44.3 Å². The third kappa shape index (κ3) is 6.46. The molecule has 1 aromatic rings. The zero-order valence-electron chi connectivity index (χ0n) is 10.9. The highest BCUT2D eigenvalue weighted by Gasteiger charge is 2.01. The Morgan fingerprint density at radius 1 is 1.35 bits per heavy atom.